The van der Waals surface area contributed by atoms with Crippen molar-refractivity contribution in [1.29, 1.82) is 0 Å². The fraction of sp³-hybridized carbons (Fsp3) is 0.690. The lowest BCUT2D eigenvalue weighted by molar-refractivity contribution is 0.128. The van der Waals surface area contributed by atoms with E-state index in [0.29, 0.717) is 0 Å². The standard InChI is InChI=1S/C16H28N4.C16H25N.C15H24N2.C11H20N2/c1-15(2,3)13-11-17-14(18-12-13)19-7-9-20(10-8-19)16(4,5)6;1-15(2,3)14-8-7-12-10-17(16(4,5)6)11-13(12)9-14;1-14(2,3)12-7-11-9-17(15(4,5)6)10-13(11)16-8-12;1-10(2,3)9-7-12-13(8-9)11(4,5)6/h11-12H,7-10H2,1-6H3;7-9H,10-11H2,1-6H3;7-8H,9-10H2,1-6H3;7-8H,1-6H3. The summed E-state index contributed by atoms with van der Waals surface area (Å²) in [7, 11) is 0. The Bertz CT molecular complexity index is 2070. The van der Waals surface area contributed by atoms with Crippen molar-refractivity contribution in [3.05, 3.63) is 99.9 Å². The summed E-state index contributed by atoms with van der Waals surface area (Å²) in [5.41, 5.74) is 12.6. The van der Waals surface area contributed by atoms with Crippen LogP contribution in [0.4, 0.5) is 5.95 Å². The number of hydrogen-bond donors (Lipinski definition) is 0. The summed E-state index contributed by atoms with van der Waals surface area (Å²) in [4.78, 5) is 23.6. The first-order chi connectivity index (χ1) is 30.2. The molecule has 3 aliphatic rings. The molecule has 3 aromatic heterocycles. The average molecular weight is 920 g/mol. The minimum Gasteiger partial charge on any atom is -0.338 e. The van der Waals surface area contributed by atoms with Crippen LogP contribution in [0.3, 0.4) is 0 Å². The van der Waals surface area contributed by atoms with Crippen LogP contribution in [0.1, 0.15) is 211 Å². The van der Waals surface area contributed by atoms with E-state index in [0.717, 1.165) is 58.3 Å². The van der Waals surface area contributed by atoms with E-state index in [1.54, 1.807) is 0 Å². The second-order valence-corrected chi connectivity index (χ2v) is 27.6. The fourth-order valence-corrected chi connectivity index (χ4v) is 8.01. The number of anilines is 1. The molecule has 1 saturated heterocycles. The van der Waals surface area contributed by atoms with E-state index in [4.69, 9.17) is 0 Å². The van der Waals surface area contributed by atoms with E-state index in [2.05, 4.69) is 236 Å². The maximum atomic E-state index is 4.65. The number of piperazine rings is 1. The van der Waals surface area contributed by atoms with Gasteiger partial charge in [-0.2, -0.15) is 5.10 Å². The maximum absolute atomic E-state index is 4.65. The Morgan fingerprint density at radius 1 is 0.373 bits per heavy atom. The van der Waals surface area contributed by atoms with Crippen molar-refractivity contribution >= 4 is 5.95 Å². The Balaban J connectivity index is 0.000000197. The molecular formula is C58H97N9. The van der Waals surface area contributed by atoms with Crippen molar-refractivity contribution in [2.45, 2.75) is 236 Å². The van der Waals surface area contributed by atoms with Crippen LogP contribution in [0.5, 0.6) is 0 Å². The first kappa shape index (κ1) is 55.9. The first-order valence-electron chi connectivity index (χ1n) is 25.2. The minimum absolute atomic E-state index is 0.0868. The largest absolute Gasteiger partial charge is 0.338 e. The lowest BCUT2D eigenvalue weighted by Gasteiger charge is -2.42. The van der Waals surface area contributed by atoms with Crippen molar-refractivity contribution in [3.8, 4) is 0 Å². The molecule has 67 heavy (non-hydrogen) atoms. The van der Waals surface area contributed by atoms with Crippen LogP contribution in [0.2, 0.25) is 0 Å². The van der Waals surface area contributed by atoms with Gasteiger partial charge in [-0.25, -0.2) is 9.97 Å². The van der Waals surface area contributed by atoms with Crippen LogP contribution in [0.15, 0.2) is 55.2 Å². The second-order valence-electron chi connectivity index (χ2n) is 27.6. The number of fused-ring (bicyclic) bond motifs is 2. The molecule has 374 valence electrons. The highest BCUT2D eigenvalue weighted by atomic mass is 15.3. The van der Waals surface area contributed by atoms with E-state index in [9.17, 15) is 0 Å². The number of benzene rings is 1. The summed E-state index contributed by atoms with van der Waals surface area (Å²) < 4.78 is 2.02. The molecule has 0 radical (unpaired) electrons. The van der Waals surface area contributed by atoms with Crippen molar-refractivity contribution < 1.29 is 0 Å². The van der Waals surface area contributed by atoms with Crippen LogP contribution in [0.25, 0.3) is 0 Å². The zero-order valence-corrected chi connectivity index (χ0v) is 47.4. The number of hydrogen-bond acceptors (Lipinski definition) is 8. The number of pyridine rings is 1. The average Bonchev–Trinajstić information content (AvgIpc) is 3.96. The zero-order valence-electron chi connectivity index (χ0n) is 47.4. The van der Waals surface area contributed by atoms with E-state index in [1.807, 2.05) is 29.5 Å². The minimum atomic E-state index is 0.0868. The number of aromatic nitrogens is 5. The molecule has 0 bridgehead atoms. The maximum Gasteiger partial charge on any atom is 0.225 e. The molecule has 1 fully saturated rings. The van der Waals surface area contributed by atoms with Crippen LogP contribution >= 0.6 is 0 Å². The van der Waals surface area contributed by atoms with Crippen molar-refractivity contribution in [2.75, 3.05) is 31.1 Å². The van der Waals surface area contributed by atoms with E-state index in [-0.39, 0.29) is 43.8 Å². The highest BCUT2D eigenvalue weighted by Gasteiger charge is 2.32. The third-order valence-corrected chi connectivity index (χ3v) is 13.5. The van der Waals surface area contributed by atoms with Gasteiger partial charge in [-0.15, -0.1) is 0 Å². The van der Waals surface area contributed by atoms with Crippen LogP contribution in [-0.4, -0.2) is 82.2 Å². The topological polar surface area (TPSA) is 69.5 Å². The van der Waals surface area contributed by atoms with Crippen molar-refractivity contribution in [3.63, 3.8) is 0 Å². The zero-order chi connectivity index (χ0) is 50.9. The lowest BCUT2D eigenvalue weighted by Crippen LogP contribution is -2.53. The Labute approximate surface area is 411 Å². The normalized spacial score (nSPS) is 16.9. The van der Waals surface area contributed by atoms with Gasteiger partial charge in [0.2, 0.25) is 5.95 Å². The van der Waals surface area contributed by atoms with Crippen molar-refractivity contribution in [1.82, 2.24) is 39.4 Å². The molecule has 0 saturated carbocycles. The molecule has 9 nitrogen and oxygen atoms in total. The molecule has 4 aromatic rings. The van der Waals surface area contributed by atoms with Gasteiger partial charge in [-0.1, -0.05) is 107 Å². The first-order valence-corrected chi connectivity index (χ1v) is 25.2. The molecule has 7 rings (SSSR count). The predicted octanol–water partition coefficient (Wildman–Crippen LogP) is 13.2. The summed E-state index contributed by atoms with van der Waals surface area (Å²) in [6, 6.07) is 9.36. The van der Waals surface area contributed by atoms with Crippen LogP contribution in [-0.2, 0) is 53.4 Å². The third kappa shape index (κ3) is 15.9. The molecule has 0 aliphatic carbocycles. The Hall–Kier alpha value is -3.66. The Morgan fingerprint density at radius 2 is 0.806 bits per heavy atom. The summed E-state index contributed by atoms with van der Waals surface area (Å²) in [5, 5.41) is 4.37. The molecule has 9 heteroatoms. The molecule has 0 spiro atoms. The lowest BCUT2D eigenvalue weighted by atomic mass is 9.85. The number of rotatable bonds is 1. The highest BCUT2D eigenvalue weighted by molar-refractivity contribution is 5.38. The molecule has 0 unspecified atom stereocenters. The predicted molar refractivity (Wildman–Crippen MR) is 286 cm³/mol. The van der Waals surface area contributed by atoms with Gasteiger partial charge in [-0.3, -0.25) is 24.4 Å². The molecule has 0 N–H and O–H groups in total. The molecule has 0 amide bonds. The van der Waals surface area contributed by atoms with Gasteiger partial charge in [0.15, 0.2) is 0 Å². The van der Waals surface area contributed by atoms with E-state index < -0.39 is 0 Å². The van der Waals surface area contributed by atoms with Gasteiger partial charge in [-0.05, 0) is 144 Å². The Kier molecular flexibility index (Phi) is 17.0. The van der Waals surface area contributed by atoms with Gasteiger partial charge >= 0.3 is 0 Å². The molecular weight excluding hydrogens is 823 g/mol. The van der Waals surface area contributed by atoms with Gasteiger partial charge in [0.05, 0.1) is 17.4 Å². The smallest absolute Gasteiger partial charge is 0.225 e. The monoisotopic (exact) mass is 920 g/mol. The fourth-order valence-electron chi connectivity index (χ4n) is 8.01. The van der Waals surface area contributed by atoms with E-state index in [1.165, 1.54) is 44.6 Å². The summed E-state index contributed by atoms with van der Waals surface area (Å²) >= 11 is 0. The van der Waals surface area contributed by atoms with Crippen molar-refractivity contribution in [2.24, 2.45) is 0 Å². The summed E-state index contributed by atoms with van der Waals surface area (Å²) in [5.74, 6) is 0.867. The highest BCUT2D eigenvalue weighted by Crippen LogP contribution is 2.34. The van der Waals surface area contributed by atoms with Gasteiger partial charge < -0.3 is 4.90 Å². The van der Waals surface area contributed by atoms with Crippen LogP contribution < -0.4 is 4.90 Å². The van der Waals surface area contributed by atoms with Crippen LogP contribution in [0, 0.1) is 0 Å². The summed E-state index contributed by atoms with van der Waals surface area (Å²) in [6.45, 7) is 62.1. The molecule has 3 aliphatic heterocycles. The molecule has 1 aromatic carbocycles. The third-order valence-electron chi connectivity index (χ3n) is 13.5. The van der Waals surface area contributed by atoms with Gasteiger partial charge in [0.25, 0.3) is 0 Å². The SMILES string of the molecule is CC(C)(C)c1ccc2c(c1)CN(C(C)(C)C)C2.CC(C)(C)c1cnc(N2CCN(C(C)(C)C)CC2)nc1.CC(C)(C)c1cnc2c(c1)CN(C(C)(C)C)C2.CC(C)(C)c1cnn(C(C)(C)C)c1. The Morgan fingerprint density at radius 3 is 1.24 bits per heavy atom. The van der Waals surface area contributed by atoms with Gasteiger partial charge in [0, 0.05) is 93.8 Å². The summed E-state index contributed by atoms with van der Waals surface area (Å²) in [6.07, 6.45) is 10.1. The van der Waals surface area contributed by atoms with E-state index >= 15 is 0 Å². The van der Waals surface area contributed by atoms with Gasteiger partial charge in [0.1, 0.15) is 0 Å². The molecule has 0 atom stereocenters. The second kappa shape index (κ2) is 20.4. The quantitative estimate of drug-likeness (QED) is 0.187. The number of nitrogens with zero attached hydrogens (tertiary/aromatic N) is 9. The molecule has 6 heterocycles.